The molecule has 4 nitrogen and oxygen atoms in total. The van der Waals surface area contributed by atoms with Crippen LogP contribution in [0, 0.1) is 17.8 Å². The number of carbonyl (C=O) groups is 2. The van der Waals surface area contributed by atoms with Gasteiger partial charge < -0.3 is 10.6 Å². The number of carbonyl (C=O) groups excluding carboxylic acids is 2. The summed E-state index contributed by atoms with van der Waals surface area (Å²) in [5.41, 5.74) is 0. The first kappa shape index (κ1) is 13.7. The fraction of sp³-hybridized carbons (Fsp3) is 0.750. The van der Waals surface area contributed by atoms with Gasteiger partial charge in [-0.25, -0.2) is 0 Å². The minimum absolute atomic E-state index is 0.0380. The van der Waals surface area contributed by atoms with Gasteiger partial charge in [0.25, 0.3) is 0 Å². The van der Waals surface area contributed by atoms with E-state index in [1.807, 2.05) is 0 Å². The van der Waals surface area contributed by atoms with Crippen LogP contribution in [0.15, 0.2) is 12.2 Å². The van der Waals surface area contributed by atoms with Crippen LogP contribution in [0.1, 0.15) is 44.9 Å². The van der Waals surface area contributed by atoms with Gasteiger partial charge in [-0.3, -0.25) is 9.59 Å². The minimum Gasteiger partial charge on any atom is -0.352 e. The third-order valence-corrected chi connectivity index (χ3v) is 5.01. The molecule has 3 atom stereocenters. The monoisotopic (exact) mass is 276 g/mol. The van der Waals surface area contributed by atoms with Gasteiger partial charge in [0.1, 0.15) is 0 Å². The first-order valence-electron chi connectivity index (χ1n) is 7.98. The van der Waals surface area contributed by atoms with Gasteiger partial charge in [0.15, 0.2) is 0 Å². The first-order chi connectivity index (χ1) is 9.72. The maximum Gasteiger partial charge on any atom is 0.239 e. The van der Waals surface area contributed by atoms with Gasteiger partial charge in [0, 0.05) is 12.0 Å². The highest BCUT2D eigenvalue weighted by Crippen LogP contribution is 2.43. The van der Waals surface area contributed by atoms with E-state index in [0.717, 1.165) is 25.7 Å². The van der Waals surface area contributed by atoms with Crippen LogP contribution >= 0.6 is 0 Å². The molecule has 0 saturated heterocycles. The molecule has 0 spiro atoms. The van der Waals surface area contributed by atoms with E-state index >= 15 is 0 Å². The summed E-state index contributed by atoms with van der Waals surface area (Å²) in [6.45, 7) is 0.132. The zero-order chi connectivity index (χ0) is 13.9. The van der Waals surface area contributed by atoms with Crippen molar-refractivity contribution in [2.75, 3.05) is 6.54 Å². The molecule has 0 aromatic carbocycles. The number of rotatable bonds is 4. The summed E-state index contributed by atoms with van der Waals surface area (Å²) in [5.74, 6) is 1.10. The lowest BCUT2D eigenvalue weighted by Crippen LogP contribution is -2.44. The standard InChI is InChI=1S/C16H24N2O2/c19-15(18-13-4-2-1-3-5-13)10-17-16(20)14-9-11-6-7-12(14)8-11/h6-7,11-14H,1-5,8-10H2,(H,17,20)(H,18,19)/t11-,12-,14-/m0/s1. The largest absolute Gasteiger partial charge is 0.352 e. The molecule has 3 rings (SSSR count). The first-order valence-corrected chi connectivity index (χ1v) is 7.98. The molecule has 0 radical (unpaired) electrons. The number of hydrogen-bond donors (Lipinski definition) is 2. The molecule has 20 heavy (non-hydrogen) atoms. The van der Waals surface area contributed by atoms with Gasteiger partial charge >= 0.3 is 0 Å². The van der Waals surface area contributed by atoms with E-state index in [0.29, 0.717) is 17.9 Å². The van der Waals surface area contributed by atoms with E-state index in [1.54, 1.807) is 0 Å². The van der Waals surface area contributed by atoms with Crippen LogP contribution in [0.4, 0.5) is 0 Å². The predicted octanol–water partition coefficient (Wildman–Crippen LogP) is 1.76. The summed E-state index contributed by atoms with van der Waals surface area (Å²) in [4.78, 5) is 24.0. The second-order valence-electron chi connectivity index (χ2n) is 6.51. The third-order valence-electron chi connectivity index (χ3n) is 5.01. The number of amides is 2. The number of hydrogen-bond acceptors (Lipinski definition) is 2. The smallest absolute Gasteiger partial charge is 0.239 e. The lowest BCUT2D eigenvalue weighted by atomic mass is 9.93. The van der Waals surface area contributed by atoms with Crippen molar-refractivity contribution >= 4 is 11.8 Å². The van der Waals surface area contributed by atoms with Crippen LogP contribution in [-0.2, 0) is 9.59 Å². The Bertz CT molecular complexity index is 413. The summed E-state index contributed by atoms with van der Waals surface area (Å²) in [6.07, 6.45) is 12.3. The highest BCUT2D eigenvalue weighted by atomic mass is 16.2. The normalized spacial score (nSPS) is 32.3. The molecule has 4 heteroatoms. The van der Waals surface area contributed by atoms with E-state index in [4.69, 9.17) is 0 Å². The topological polar surface area (TPSA) is 58.2 Å². The van der Waals surface area contributed by atoms with Gasteiger partial charge in [-0.15, -0.1) is 0 Å². The second kappa shape index (κ2) is 5.98. The van der Waals surface area contributed by atoms with Crippen molar-refractivity contribution in [1.29, 1.82) is 0 Å². The Labute approximate surface area is 120 Å². The van der Waals surface area contributed by atoms with Crippen molar-refractivity contribution < 1.29 is 9.59 Å². The zero-order valence-corrected chi connectivity index (χ0v) is 11.9. The van der Waals surface area contributed by atoms with Crippen molar-refractivity contribution in [3.63, 3.8) is 0 Å². The molecule has 0 aromatic rings. The SMILES string of the molecule is O=C(CNC(=O)[C@H]1C[C@H]2C=C[C@H]1C2)NC1CCCCC1. The minimum atomic E-state index is -0.0380. The Hall–Kier alpha value is -1.32. The molecule has 3 aliphatic carbocycles. The van der Waals surface area contributed by atoms with Gasteiger partial charge in [-0.05, 0) is 37.5 Å². The van der Waals surface area contributed by atoms with E-state index in [9.17, 15) is 9.59 Å². The maximum atomic E-state index is 12.1. The molecule has 2 bridgehead atoms. The van der Waals surface area contributed by atoms with E-state index in [2.05, 4.69) is 22.8 Å². The predicted molar refractivity (Wildman–Crippen MR) is 76.9 cm³/mol. The summed E-state index contributed by atoms with van der Waals surface area (Å²) in [7, 11) is 0. The zero-order valence-electron chi connectivity index (χ0n) is 11.9. The van der Waals surface area contributed by atoms with Gasteiger partial charge in [0.2, 0.25) is 11.8 Å². The van der Waals surface area contributed by atoms with Crippen molar-refractivity contribution in [3.05, 3.63) is 12.2 Å². The average molecular weight is 276 g/mol. The summed E-state index contributed by atoms with van der Waals surface area (Å²) >= 11 is 0. The third kappa shape index (κ3) is 3.05. The van der Waals surface area contributed by atoms with Gasteiger partial charge in [-0.1, -0.05) is 31.4 Å². The average Bonchev–Trinajstić information content (AvgIpc) is 3.08. The molecule has 2 fully saturated rings. The van der Waals surface area contributed by atoms with E-state index < -0.39 is 0 Å². The highest BCUT2D eigenvalue weighted by Gasteiger charge is 2.39. The molecular formula is C16H24N2O2. The van der Waals surface area contributed by atoms with Crippen molar-refractivity contribution in [1.82, 2.24) is 10.6 Å². The van der Waals surface area contributed by atoms with Crippen LogP contribution in [0.3, 0.4) is 0 Å². The molecule has 0 unspecified atom stereocenters. The molecule has 0 aromatic heterocycles. The number of allylic oxidation sites excluding steroid dienone is 2. The second-order valence-corrected chi connectivity index (χ2v) is 6.51. The molecule has 0 aliphatic heterocycles. The maximum absolute atomic E-state index is 12.1. The fourth-order valence-corrected chi connectivity index (χ4v) is 3.91. The Morgan fingerprint density at radius 3 is 2.50 bits per heavy atom. The van der Waals surface area contributed by atoms with Crippen molar-refractivity contribution in [2.45, 2.75) is 51.0 Å². The van der Waals surface area contributed by atoms with Crippen LogP contribution in [0.5, 0.6) is 0 Å². The van der Waals surface area contributed by atoms with Crippen molar-refractivity contribution in [2.24, 2.45) is 17.8 Å². The van der Waals surface area contributed by atoms with Crippen LogP contribution < -0.4 is 10.6 Å². The van der Waals surface area contributed by atoms with Crippen molar-refractivity contribution in [3.8, 4) is 0 Å². The number of fused-ring (bicyclic) bond motifs is 2. The molecular weight excluding hydrogens is 252 g/mol. The van der Waals surface area contributed by atoms with Gasteiger partial charge in [-0.2, -0.15) is 0 Å². The van der Waals surface area contributed by atoms with Crippen LogP contribution in [-0.4, -0.2) is 24.4 Å². The Morgan fingerprint density at radius 2 is 1.85 bits per heavy atom. The molecule has 3 aliphatic rings. The lowest BCUT2D eigenvalue weighted by Gasteiger charge is -2.23. The molecule has 110 valence electrons. The Balaban J connectivity index is 1.39. The van der Waals surface area contributed by atoms with Crippen LogP contribution in [0.25, 0.3) is 0 Å². The summed E-state index contributed by atoms with van der Waals surface area (Å²) < 4.78 is 0. The van der Waals surface area contributed by atoms with Crippen LogP contribution in [0.2, 0.25) is 0 Å². The molecule has 2 saturated carbocycles. The van der Waals surface area contributed by atoms with E-state index in [-0.39, 0.29) is 24.3 Å². The Kier molecular flexibility index (Phi) is 4.08. The number of nitrogens with one attached hydrogen (secondary N) is 2. The van der Waals surface area contributed by atoms with E-state index in [1.165, 1.54) is 19.3 Å². The molecule has 2 N–H and O–H groups in total. The quantitative estimate of drug-likeness (QED) is 0.769. The summed E-state index contributed by atoms with van der Waals surface area (Å²) in [5, 5.41) is 5.85. The van der Waals surface area contributed by atoms with Gasteiger partial charge in [0.05, 0.1) is 6.54 Å². The molecule has 2 amide bonds. The Morgan fingerprint density at radius 1 is 1.05 bits per heavy atom. The summed E-state index contributed by atoms with van der Waals surface area (Å²) in [6, 6.07) is 0.318. The fourth-order valence-electron chi connectivity index (χ4n) is 3.91. The highest BCUT2D eigenvalue weighted by molar-refractivity contribution is 5.86. The molecule has 0 heterocycles. The lowest BCUT2D eigenvalue weighted by molar-refractivity contribution is -0.129.